The zero-order valence-corrected chi connectivity index (χ0v) is 10.6. The van der Waals surface area contributed by atoms with Crippen LogP contribution in [0, 0.1) is 0 Å². The molecule has 1 N–H and O–H groups in total. The van der Waals surface area contributed by atoms with Gasteiger partial charge in [-0.15, -0.1) is 0 Å². The highest BCUT2D eigenvalue weighted by atomic mass is 32.2. The van der Waals surface area contributed by atoms with Gasteiger partial charge in [-0.2, -0.15) is 11.8 Å². The van der Waals surface area contributed by atoms with Crippen LogP contribution in [0.1, 0.15) is 26.3 Å². The Hall–Kier alpha value is -0.410. The first-order valence-electron chi connectivity index (χ1n) is 5.58. The van der Waals surface area contributed by atoms with Gasteiger partial charge in [0.25, 0.3) is 0 Å². The van der Waals surface area contributed by atoms with Gasteiger partial charge >= 0.3 is 0 Å². The molecule has 0 aliphatic rings. The Bertz CT molecular complexity index is 246. The Morgan fingerprint density at radius 3 is 2.80 bits per heavy atom. The summed E-state index contributed by atoms with van der Waals surface area (Å²) in [5.41, 5.74) is 1.28. The van der Waals surface area contributed by atoms with Gasteiger partial charge in [-0.1, -0.05) is 20.8 Å². The third kappa shape index (κ3) is 5.28. The van der Waals surface area contributed by atoms with Crippen LogP contribution in [-0.4, -0.2) is 23.6 Å². The number of nitrogens with one attached hydrogen (secondary N) is 1. The van der Waals surface area contributed by atoms with Crippen LogP contribution in [0.15, 0.2) is 23.0 Å². The van der Waals surface area contributed by atoms with Crippen molar-refractivity contribution in [3.63, 3.8) is 0 Å². The molecule has 0 aliphatic carbocycles. The van der Waals surface area contributed by atoms with E-state index in [4.69, 9.17) is 4.42 Å². The highest BCUT2D eigenvalue weighted by Gasteiger charge is 2.10. The molecule has 0 amide bonds. The molecule has 86 valence electrons. The molecule has 0 fully saturated rings. The smallest absolute Gasteiger partial charge is 0.0935 e. The van der Waals surface area contributed by atoms with E-state index in [1.165, 1.54) is 5.56 Å². The van der Waals surface area contributed by atoms with Gasteiger partial charge in [0, 0.05) is 11.8 Å². The SMILES string of the molecule is CCNC(CSC(C)C)Cc1ccoc1. The van der Waals surface area contributed by atoms with Crippen molar-refractivity contribution in [2.45, 2.75) is 38.5 Å². The van der Waals surface area contributed by atoms with E-state index in [0.29, 0.717) is 11.3 Å². The maximum atomic E-state index is 5.08. The maximum absolute atomic E-state index is 5.08. The Morgan fingerprint density at radius 1 is 1.47 bits per heavy atom. The first kappa shape index (κ1) is 12.7. The molecular formula is C12H21NOS. The summed E-state index contributed by atoms with van der Waals surface area (Å²) in [5, 5.41) is 4.22. The van der Waals surface area contributed by atoms with Gasteiger partial charge in [0.05, 0.1) is 12.5 Å². The van der Waals surface area contributed by atoms with Crippen LogP contribution >= 0.6 is 11.8 Å². The standard InChI is InChI=1S/C12H21NOS/c1-4-13-12(9-15-10(2)3)7-11-5-6-14-8-11/h5-6,8,10,12-13H,4,7,9H2,1-3H3. The predicted octanol–water partition coefficient (Wildman–Crippen LogP) is 2.94. The van der Waals surface area contributed by atoms with Crippen LogP contribution in [0.25, 0.3) is 0 Å². The van der Waals surface area contributed by atoms with Crippen molar-refractivity contribution in [1.82, 2.24) is 5.32 Å². The number of hydrogen-bond donors (Lipinski definition) is 1. The molecule has 0 saturated carbocycles. The van der Waals surface area contributed by atoms with Crippen LogP contribution in [0.2, 0.25) is 0 Å². The van der Waals surface area contributed by atoms with Crippen molar-refractivity contribution >= 4 is 11.8 Å². The number of furan rings is 1. The first-order chi connectivity index (χ1) is 7.22. The highest BCUT2D eigenvalue weighted by molar-refractivity contribution is 7.99. The van der Waals surface area contributed by atoms with Crippen molar-refractivity contribution in [1.29, 1.82) is 0 Å². The summed E-state index contributed by atoms with van der Waals surface area (Å²) in [5.74, 6) is 1.16. The predicted molar refractivity (Wildman–Crippen MR) is 67.5 cm³/mol. The molecule has 1 rings (SSSR count). The van der Waals surface area contributed by atoms with Gasteiger partial charge in [-0.05, 0) is 29.8 Å². The van der Waals surface area contributed by atoms with Crippen LogP contribution in [0.3, 0.4) is 0 Å². The lowest BCUT2D eigenvalue weighted by atomic mass is 10.1. The van der Waals surface area contributed by atoms with Crippen molar-refractivity contribution in [3.8, 4) is 0 Å². The molecule has 0 saturated heterocycles. The molecule has 1 heterocycles. The van der Waals surface area contributed by atoms with Crippen LogP contribution in [0.5, 0.6) is 0 Å². The van der Waals surface area contributed by atoms with E-state index in [-0.39, 0.29) is 0 Å². The molecule has 0 aliphatic heterocycles. The molecule has 0 aromatic carbocycles. The maximum Gasteiger partial charge on any atom is 0.0935 e. The summed E-state index contributed by atoms with van der Waals surface area (Å²) in [7, 11) is 0. The fourth-order valence-electron chi connectivity index (χ4n) is 1.48. The van der Waals surface area contributed by atoms with Crippen LogP contribution in [-0.2, 0) is 6.42 Å². The Morgan fingerprint density at radius 2 is 2.27 bits per heavy atom. The molecular weight excluding hydrogens is 206 g/mol. The average Bonchev–Trinajstić information content (AvgIpc) is 2.67. The molecule has 2 nitrogen and oxygen atoms in total. The lowest BCUT2D eigenvalue weighted by Crippen LogP contribution is -2.33. The fraction of sp³-hybridized carbons (Fsp3) is 0.667. The molecule has 1 atom stereocenters. The second-order valence-corrected chi connectivity index (χ2v) is 5.58. The van der Waals surface area contributed by atoms with E-state index < -0.39 is 0 Å². The number of likely N-dealkylation sites (N-methyl/N-ethyl adjacent to an activating group) is 1. The Labute approximate surface area is 96.8 Å². The second kappa shape index (κ2) is 6.96. The zero-order valence-electron chi connectivity index (χ0n) is 9.82. The van der Waals surface area contributed by atoms with Crippen LogP contribution < -0.4 is 5.32 Å². The summed E-state index contributed by atoms with van der Waals surface area (Å²) >= 11 is 2.01. The van der Waals surface area contributed by atoms with Crippen LogP contribution in [0.4, 0.5) is 0 Å². The summed E-state index contributed by atoms with van der Waals surface area (Å²) in [6.07, 6.45) is 4.64. The van der Waals surface area contributed by atoms with E-state index in [0.717, 1.165) is 18.7 Å². The van der Waals surface area contributed by atoms with Crippen molar-refractivity contribution in [3.05, 3.63) is 24.2 Å². The summed E-state index contributed by atoms with van der Waals surface area (Å²) in [4.78, 5) is 0. The van der Waals surface area contributed by atoms with Gasteiger partial charge in [0.15, 0.2) is 0 Å². The zero-order chi connectivity index (χ0) is 11.1. The van der Waals surface area contributed by atoms with Gasteiger partial charge in [-0.3, -0.25) is 0 Å². The van der Waals surface area contributed by atoms with Gasteiger partial charge in [-0.25, -0.2) is 0 Å². The van der Waals surface area contributed by atoms with E-state index in [9.17, 15) is 0 Å². The molecule has 15 heavy (non-hydrogen) atoms. The quantitative estimate of drug-likeness (QED) is 0.775. The summed E-state index contributed by atoms with van der Waals surface area (Å²) < 4.78 is 5.08. The lowest BCUT2D eigenvalue weighted by Gasteiger charge is -2.17. The Kier molecular flexibility index (Phi) is 5.88. The second-order valence-electron chi connectivity index (χ2n) is 3.97. The number of rotatable bonds is 7. The van der Waals surface area contributed by atoms with E-state index in [1.807, 2.05) is 24.1 Å². The topological polar surface area (TPSA) is 25.2 Å². The summed E-state index contributed by atoms with van der Waals surface area (Å²) in [6, 6.07) is 2.60. The third-order valence-corrected chi connectivity index (χ3v) is 3.45. The largest absolute Gasteiger partial charge is 0.472 e. The average molecular weight is 227 g/mol. The van der Waals surface area contributed by atoms with Crippen molar-refractivity contribution in [2.24, 2.45) is 0 Å². The van der Waals surface area contributed by atoms with Gasteiger partial charge in [0.2, 0.25) is 0 Å². The van der Waals surface area contributed by atoms with E-state index in [2.05, 4.69) is 26.1 Å². The minimum atomic E-state index is 0.556. The number of hydrogen-bond acceptors (Lipinski definition) is 3. The highest BCUT2D eigenvalue weighted by Crippen LogP contribution is 2.13. The van der Waals surface area contributed by atoms with Crippen molar-refractivity contribution in [2.75, 3.05) is 12.3 Å². The minimum Gasteiger partial charge on any atom is -0.472 e. The summed E-state index contributed by atoms with van der Waals surface area (Å²) in [6.45, 7) is 7.67. The van der Waals surface area contributed by atoms with Gasteiger partial charge in [0.1, 0.15) is 0 Å². The fourth-order valence-corrected chi connectivity index (χ4v) is 2.33. The molecule has 1 aromatic heterocycles. The third-order valence-electron chi connectivity index (χ3n) is 2.19. The van der Waals surface area contributed by atoms with E-state index >= 15 is 0 Å². The Balaban J connectivity index is 2.36. The molecule has 0 bridgehead atoms. The number of thioether (sulfide) groups is 1. The minimum absolute atomic E-state index is 0.556. The lowest BCUT2D eigenvalue weighted by molar-refractivity contribution is 0.547. The molecule has 1 unspecified atom stereocenters. The molecule has 1 aromatic rings. The molecule has 3 heteroatoms. The molecule has 0 radical (unpaired) electrons. The molecule has 0 spiro atoms. The van der Waals surface area contributed by atoms with Crippen molar-refractivity contribution < 1.29 is 4.42 Å². The monoisotopic (exact) mass is 227 g/mol. The normalized spacial score (nSPS) is 13.3. The van der Waals surface area contributed by atoms with E-state index in [1.54, 1.807) is 6.26 Å². The van der Waals surface area contributed by atoms with Gasteiger partial charge < -0.3 is 9.73 Å². The first-order valence-corrected chi connectivity index (χ1v) is 6.63.